The molecule has 7 amide bonds. The lowest BCUT2D eigenvalue weighted by molar-refractivity contribution is -0.144. The summed E-state index contributed by atoms with van der Waals surface area (Å²) in [5.74, 6) is -4.03. The Morgan fingerprint density at radius 1 is 0.561 bits per heavy atom. The minimum atomic E-state index is -1.12. The summed E-state index contributed by atoms with van der Waals surface area (Å²) in [4.78, 5) is 97.9. The molecule has 0 radical (unpaired) electrons. The highest BCUT2D eigenvalue weighted by atomic mass is 31.1. The maximum absolute atomic E-state index is 14.7. The number of carbonyl (C=O) groups is 7. The van der Waals surface area contributed by atoms with E-state index in [1.54, 1.807) is 16.7 Å². The number of amides is 7. The molecule has 6 N–H and O–H groups in total. The first kappa shape index (κ1) is 49.5. The molecule has 0 aliphatic carbocycles. The van der Waals surface area contributed by atoms with Crippen molar-refractivity contribution < 1.29 is 33.6 Å². The molecule has 2 fully saturated rings. The second-order valence-corrected chi connectivity index (χ2v) is 21.5. The largest absolute Gasteiger partial charge is 0.368 e. The van der Waals surface area contributed by atoms with Gasteiger partial charge in [0.05, 0.1) is 11.8 Å². The Kier molecular flexibility index (Phi) is 18.0. The van der Waals surface area contributed by atoms with Crippen molar-refractivity contribution in [1.29, 1.82) is 0 Å². The predicted molar refractivity (Wildman–Crippen MR) is 260 cm³/mol. The SMILES string of the molecule is CC(=O)N[C@@H](C)C(=O)N[C@@H](CP(c1ccccc1)c1ccccc1)C(=O)N1CCC[C@@H](C(=O)N2CCC[C@H](C(=O)N[C@@H](CP(c3ccccc3)c3ccccc3)C(=O)N[C@@H](C)C(N)=O)C2)C1. The molecule has 0 unspecified atom stereocenters. The standard InChI is InChI=1S/C50H61N7O7P2/c1-34(45(51)59)53-48(62)43(32-65(39-20-8-4-9-21-39)40-22-10-5-11-23-40)54-47(61)37-18-16-28-56(30-37)49(63)38-19-17-29-57(31-38)50(64)44(55-46(60)35(2)52-36(3)58)33-66(41-24-12-6-13-25-41)42-26-14-7-15-27-42/h4-15,20-27,34-35,37-38,43-44H,16-19,28-33H2,1-3H3,(H2,51,59)(H,52,58)(H,53,62)(H,54,61)(H,55,60)/t34-,35-,37-,38+,43-,44-/m0/s1. The van der Waals surface area contributed by atoms with Gasteiger partial charge in [0.1, 0.15) is 24.2 Å². The fourth-order valence-electron chi connectivity index (χ4n) is 8.49. The highest BCUT2D eigenvalue weighted by Crippen LogP contribution is 2.36. The van der Waals surface area contributed by atoms with E-state index in [9.17, 15) is 33.6 Å². The number of carbonyl (C=O) groups excluding carboxylic acids is 7. The van der Waals surface area contributed by atoms with E-state index in [1.165, 1.54) is 13.8 Å². The van der Waals surface area contributed by atoms with Crippen molar-refractivity contribution >= 4 is 78.4 Å². The lowest BCUT2D eigenvalue weighted by atomic mass is 9.92. The summed E-state index contributed by atoms with van der Waals surface area (Å²) < 4.78 is 0. The van der Waals surface area contributed by atoms with Crippen LogP contribution < -0.4 is 48.2 Å². The zero-order valence-corrected chi connectivity index (χ0v) is 39.6. The van der Waals surface area contributed by atoms with E-state index in [2.05, 4.69) is 21.3 Å². The van der Waals surface area contributed by atoms with Gasteiger partial charge in [-0.05, 0) is 76.6 Å². The Labute approximate surface area is 389 Å². The lowest BCUT2D eigenvalue weighted by Gasteiger charge is -2.39. The van der Waals surface area contributed by atoms with E-state index in [1.807, 2.05) is 121 Å². The van der Waals surface area contributed by atoms with Crippen LogP contribution in [0.15, 0.2) is 121 Å². The first-order chi connectivity index (χ1) is 31.8. The summed E-state index contributed by atoms with van der Waals surface area (Å²) in [6.07, 6.45) is 2.76. The van der Waals surface area contributed by atoms with Crippen molar-refractivity contribution in [2.75, 3.05) is 38.5 Å². The summed E-state index contributed by atoms with van der Waals surface area (Å²) in [5.41, 5.74) is 5.51. The van der Waals surface area contributed by atoms with E-state index in [0.717, 1.165) is 21.2 Å². The van der Waals surface area contributed by atoms with E-state index in [0.29, 0.717) is 44.9 Å². The normalized spacial score (nSPS) is 18.0. The van der Waals surface area contributed by atoms with Crippen LogP contribution in [0.4, 0.5) is 0 Å². The van der Waals surface area contributed by atoms with Gasteiger partial charge < -0.3 is 36.8 Å². The van der Waals surface area contributed by atoms with E-state index in [4.69, 9.17) is 5.73 Å². The highest BCUT2D eigenvalue weighted by molar-refractivity contribution is 7.73. The van der Waals surface area contributed by atoms with Crippen LogP contribution in [0.1, 0.15) is 46.5 Å². The van der Waals surface area contributed by atoms with Crippen LogP contribution in [0.5, 0.6) is 0 Å². The molecule has 4 aromatic rings. The van der Waals surface area contributed by atoms with E-state index < -0.39 is 69.6 Å². The van der Waals surface area contributed by atoms with Gasteiger partial charge in [0, 0.05) is 45.4 Å². The molecule has 2 saturated heterocycles. The molecule has 16 heteroatoms. The van der Waals surface area contributed by atoms with Gasteiger partial charge in [-0.1, -0.05) is 121 Å². The number of nitrogens with zero attached hydrogens (tertiary/aromatic N) is 2. The molecule has 2 aliphatic rings. The van der Waals surface area contributed by atoms with Crippen molar-refractivity contribution in [3.05, 3.63) is 121 Å². The van der Waals surface area contributed by atoms with Crippen molar-refractivity contribution in [3.8, 4) is 0 Å². The summed E-state index contributed by atoms with van der Waals surface area (Å²) >= 11 is 0. The Morgan fingerprint density at radius 2 is 1.00 bits per heavy atom. The monoisotopic (exact) mass is 933 g/mol. The Morgan fingerprint density at radius 3 is 1.47 bits per heavy atom. The topological polar surface area (TPSA) is 200 Å². The minimum Gasteiger partial charge on any atom is -0.368 e. The van der Waals surface area contributed by atoms with Crippen LogP contribution in [0.25, 0.3) is 0 Å². The average Bonchev–Trinajstić information content (AvgIpc) is 3.34. The second kappa shape index (κ2) is 24.0. The molecule has 6 rings (SSSR count). The average molecular weight is 934 g/mol. The van der Waals surface area contributed by atoms with E-state index in [-0.39, 0.29) is 42.9 Å². The van der Waals surface area contributed by atoms with Crippen LogP contribution in [-0.2, 0) is 33.6 Å². The molecule has 0 bridgehead atoms. The Hall–Kier alpha value is -5.97. The van der Waals surface area contributed by atoms with Crippen LogP contribution in [-0.4, -0.2) is 114 Å². The second-order valence-electron chi connectivity index (χ2n) is 17.0. The van der Waals surface area contributed by atoms with Gasteiger partial charge >= 0.3 is 0 Å². The molecule has 66 heavy (non-hydrogen) atoms. The van der Waals surface area contributed by atoms with Gasteiger partial charge in [-0.15, -0.1) is 0 Å². The number of primary amides is 1. The first-order valence-electron chi connectivity index (χ1n) is 22.6. The van der Waals surface area contributed by atoms with Crippen molar-refractivity contribution in [2.45, 2.75) is 70.6 Å². The highest BCUT2D eigenvalue weighted by Gasteiger charge is 2.39. The third-order valence-corrected chi connectivity index (χ3v) is 17.2. The number of benzene rings is 4. The molecule has 0 spiro atoms. The molecule has 0 aromatic heterocycles. The fourth-order valence-corrected chi connectivity index (χ4v) is 13.3. The molecule has 6 atom stereocenters. The quantitative estimate of drug-likeness (QED) is 0.0943. The third kappa shape index (κ3) is 13.5. The van der Waals surface area contributed by atoms with Crippen LogP contribution in [0, 0.1) is 11.8 Å². The molecular formula is C50H61N7O7P2. The van der Waals surface area contributed by atoms with Crippen LogP contribution >= 0.6 is 15.8 Å². The maximum Gasteiger partial charge on any atom is 0.245 e. The van der Waals surface area contributed by atoms with Gasteiger partial charge in [0.2, 0.25) is 41.4 Å². The van der Waals surface area contributed by atoms with Gasteiger partial charge in [-0.25, -0.2) is 0 Å². The lowest BCUT2D eigenvalue weighted by Crippen LogP contribution is -2.58. The zero-order chi connectivity index (χ0) is 47.2. The van der Waals surface area contributed by atoms with Crippen LogP contribution in [0.3, 0.4) is 0 Å². The Bertz CT molecular complexity index is 2210. The van der Waals surface area contributed by atoms with Gasteiger partial charge in [0.25, 0.3) is 0 Å². The molecule has 4 aromatic carbocycles. The van der Waals surface area contributed by atoms with Gasteiger partial charge in [-0.2, -0.15) is 0 Å². The molecule has 2 aliphatic heterocycles. The van der Waals surface area contributed by atoms with Gasteiger partial charge in [-0.3, -0.25) is 33.6 Å². The van der Waals surface area contributed by atoms with Crippen molar-refractivity contribution in [1.82, 2.24) is 31.1 Å². The smallest absolute Gasteiger partial charge is 0.245 e. The number of piperidine rings is 2. The summed E-state index contributed by atoms with van der Waals surface area (Å²) in [7, 11) is -2.23. The summed E-state index contributed by atoms with van der Waals surface area (Å²) in [5, 5.41) is 15.4. The van der Waals surface area contributed by atoms with Crippen molar-refractivity contribution in [2.24, 2.45) is 17.6 Å². The maximum atomic E-state index is 14.7. The minimum absolute atomic E-state index is 0.144. The summed E-state index contributed by atoms with van der Waals surface area (Å²) in [6, 6.07) is 35.6. The Balaban J connectivity index is 1.17. The molecule has 348 valence electrons. The number of hydrogen-bond acceptors (Lipinski definition) is 7. The number of nitrogens with two attached hydrogens (primary N) is 1. The van der Waals surface area contributed by atoms with Crippen LogP contribution in [0.2, 0.25) is 0 Å². The van der Waals surface area contributed by atoms with Crippen molar-refractivity contribution in [3.63, 3.8) is 0 Å². The zero-order valence-electron chi connectivity index (χ0n) is 37.8. The molecule has 2 heterocycles. The molecule has 0 saturated carbocycles. The number of hydrogen-bond donors (Lipinski definition) is 5. The molecular weight excluding hydrogens is 873 g/mol. The third-order valence-electron chi connectivity index (χ3n) is 12.0. The number of rotatable bonds is 18. The predicted octanol–water partition coefficient (Wildman–Crippen LogP) is 2.21. The van der Waals surface area contributed by atoms with Gasteiger partial charge in [0.15, 0.2) is 0 Å². The number of likely N-dealkylation sites (tertiary alicyclic amines) is 2. The summed E-state index contributed by atoms with van der Waals surface area (Å²) in [6.45, 7) is 5.54. The molecule has 14 nitrogen and oxygen atoms in total. The fraction of sp³-hybridized carbons (Fsp3) is 0.380. The first-order valence-corrected chi connectivity index (χ1v) is 25.6. The van der Waals surface area contributed by atoms with E-state index >= 15 is 0 Å². The number of nitrogens with one attached hydrogen (secondary N) is 4.